The van der Waals surface area contributed by atoms with Crippen LogP contribution in [0, 0.1) is 0 Å². The molecule has 16 heavy (non-hydrogen) atoms. The molecular formula is C15H35N. The van der Waals surface area contributed by atoms with Crippen molar-refractivity contribution in [3.8, 4) is 0 Å². The van der Waals surface area contributed by atoms with Crippen LogP contribution >= 0.6 is 0 Å². The Morgan fingerprint density at radius 3 is 1.06 bits per heavy atom. The minimum atomic E-state index is 1.07. The van der Waals surface area contributed by atoms with Crippen molar-refractivity contribution in [1.29, 1.82) is 0 Å². The molecule has 0 heterocycles. The number of hydrogen-bond acceptors (Lipinski definition) is 1. The molecule has 0 unspecified atom stereocenters. The molecule has 1 nitrogen and oxygen atoms in total. The summed E-state index contributed by atoms with van der Waals surface area (Å²) in [6.45, 7) is 23.2. The third-order valence-electron chi connectivity index (χ3n) is 0.642. The van der Waals surface area contributed by atoms with Gasteiger partial charge >= 0.3 is 0 Å². The van der Waals surface area contributed by atoms with Gasteiger partial charge in [0.05, 0.1) is 0 Å². The molecule has 0 amide bonds. The third-order valence-corrected chi connectivity index (χ3v) is 0.642. The van der Waals surface area contributed by atoms with Crippen LogP contribution < -0.4 is 5.32 Å². The van der Waals surface area contributed by atoms with Gasteiger partial charge in [-0.25, -0.2) is 0 Å². The van der Waals surface area contributed by atoms with E-state index in [0.717, 1.165) is 13.0 Å². The lowest BCUT2D eigenvalue weighted by Crippen LogP contribution is -2.01. The highest BCUT2D eigenvalue weighted by Crippen LogP contribution is 1.66. The highest BCUT2D eigenvalue weighted by atomic mass is 14.8. The average molecular weight is 229 g/mol. The molecule has 0 atom stereocenters. The average Bonchev–Trinajstić information content (AvgIpc) is 2.33. The lowest BCUT2D eigenvalue weighted by atomic mass is 10.5. The van der Waals surface area contributed by atoms with Crippen molar-refractivity contribution in [3.63, 3.8) is 0 Å². The van der Waals surface area contributed by atoms with Gasteiger partial charge < -0.3 is 5.32 Å². The minimum Gasteiger partial charge on any atom is -0.320 e. The Bertz CT molecular complexity index is 77.4. The summed E-state index contributed by atoms with van der Waals surface area (Å²) >= 11 is 0. The minimum absolute atomic E-state index is 1.07. The molecule has 0 aliphatic rings. The lowest BCUT2D eigenvalue weighted by Gasteiger charge is -1.76. The van der Waals surface area contributed by atoms with Crippen LogP contribution in [-0.4, -0.2) is 13.6 Å². The Labute approximate surface area is 105 Å². The van der Waals surface area contributed by atoms with Gasteiger partial charge in [-0.15, -0.1) is 19.7 Å². The van der Waals surface area contributed by atoms with Gasteiger partial charge in [-0.05, 0) is 33.9 Å². The van der Waals surface area contributed by atoms with Crippen LogP contribution in [0.4, 0.5) is 0 Å². The number of allylic oxidation sites excluding steroid dienone is 3. The normalized spacial score (nSPS) is 5.44. The summed E-state index contributed by atoms with van der Waals surface area (Å²) in [5.74, 6) is 0. The molecule has 0 spiro atoms. The second-order valence-electron chi connectivity index (χ2n) is 2.22. The molecule has 0 rings (SSSR count). The van der Waals surface area contributed by atoms with E-state index in [1.54, 1.807) is 12.2 Å². The van der Waals surface area contributed by atoms with Crippen molar-refractivity contribution in [1.82, 2.24) is 5.32 Å². The van der Waals surface area contributed by atoms with Crippen LogP contribution in [0.25, 0.3) is 0 Å². The zero-order valence-corrected chi connectivity index (χ0v) is 12.8. The first-order valence-electron chi connectivity index (χ1n) is 6.06. The molecule has 0 aromatic heterocycles. The predicted octanol–water partition coefficient (Wildman–Crippen LogP) is 5.22. The topological polar surface area (TPSA) is 12.0 Å². The molecule has 0 saturated heterocycles. The highest BCUT2D eigenvalue weighted by molar-refractivity contribution is 4.60. The van der Waals surface area contributed by atoms with Crippen LogP contribution in [-0.2, 0) is 0 Å². The molecule has 100 valence electrons. The van der Waals surface area contributed by atoms with Crippen molar-refractivity contribution in [2.45, 2.75) is 48.0 Å². The van der Waals surface area contributed by atoms with Gasteiger partial charge in [-0.2, -0.15) is 0 Å². The van der Waals surface area contributed by atoms with Gasteiger partial charge in [-0.3, -0.25) is 0 Å². The summed E-state index contributed by atoms with van der Waals surface area (Å²) in [5.41, 5.74) is 0. The molecule has 0 aromatic carbocycles. The molecule has 1 heteroatoms. The Hall–Kier alpha value is -0.820. The van der Waals surface area contributed by atoms with Gasteiger partial charge in [-0.1, -0.05) is 45.9 Å². The molecule has 0 bridgehead atoms. The first-order chi connectivity index (χ1) is 7.66. The summed E-state index contributed by atoms with van der Waals surface area (Å²) in [6.07, 6.45) is 6.46. The van der Waals surface area contributed by atoms with E-state index in [9.17, 15) is 0 Å². The van der Waals surface area contributed by atoms with Gasteiger partial charge in [0.1, 0.15) is 0 Å². The summed E-state index contributed by atoms with van der Waals surface area (Å²) in [7, 11) is 1.93. The summed E-state index contributed by atoms with van der Waals surface area (Å²) < 4.78 is 0. The van der Waals surface area contributed by atoms with E-state index in [1.165, 1.54) is 0 Å². The predicted molar refractivity (Wildman–Crippen MR) is 83.2 cm³/mol. The Balaban J connectivity index is -0.0000000322. The monoisotopic (exact) mass is 229 g/mol. The quantitative estimate of drug-likeness (QED) is 0.640. The SMILES string of the molecule is C=CC.C=CC.C=CCC.CC.CCNC. The van der Waals surface area contributed by atoms with Crippen molar-refractivity contribution in [2.75, 3.05) is 13.6 Å². The second kappa shape index (κ2) is 91.8. The summed E-state index contributed by atoms with van der Waals surface area (Å²) in [4.78, 5) is 0. The van der Waals surface area contributed by atoms with Gasteiger partial charge in [0.2, 0.25) is 0 Å². The molecular weight excluding hydrogens is 194 g/mol. The molecule has 0 aliphatic heterocycles. The largest absolute Gasteiger partial charge is 0.320 e. The van der Waals surface area contributed by atoms with E-state index in [0.29, 0.717) is 0 Å². The van der Waals surface area contributed by atoms with Crippen LogP contribution in [0.5, 0.6) is 0 Å². The zero-order chi connectivity index (χ0) is 14.2. The van der Waals surface area contributed by atoms with E-state index in [1.807, 2.05) is 40.8 Å². The maximum atomic E-state index is 3.48. The summed E-state index contributed by atoms with van der Waals surface area (Å²) in [5, 5.41) is 2.93. The van der Waals surface area contributed by atoms with Crippen LogP contribution in [0.3, 0.4) is 0 Å². The first kappa shape index (κ1) is 29.5. The number of hydrogen-bond donors (Lipinski definition) is 1. The lowest BCUT2D eigenvalue weighted by molar-refractivity contribution is 0.864. The molecule has 0 fully saturated rings. The van der Waals surface area contributed by atoms with E-state index in [4.69, 9.17) is 0 Å². The van der Waals surface area contributed by atoms with E-state index in [2.05, 4.69) is 38.9 Å². The smallest absolute Gasteiger partial charge is 0.00804 e. The molecule has 0 saturated carbocycles. The van der Waals surface area contributed by atoms with Crippen LogP contribution in [0.2, 0.25) is 0 Å². The van der Waals surface area contributed by atoms with E-state index >= 15 is 0 Å². The second-order valence-corrected chi connectivity index (χ2v) is 2.22. The van der Waals surface area contributed by atoms with E-state index < -0.39 is 0 Å². The fourth-order valence-corrected chi connectivity index (χ4v) is 0. The summed E-state index contributed by atoms with van der Waals surface area (Å²) in [6, 6.07) is 0. The zero-order valence-electron chi connectivity index (χ0n) is 12.8. The maximum Gasteiger partial charge on any atom is -0.00804 e. The van der Waals surface area contributed by atoms with E-state index in [-0.39, 0.29) is 0 Å². The van der Waals surface area contributed by atoms with Crippen molar-refractivity contribution in [3.05, 3.63) is 38.0 Å². The van der Waals surface area contributed by atoms with Crippen molar-refractivity contribution < 1.29 is 0 Å². The van der Waals surface area contributed by atoms with Crippen molar-refractivity contribution >= 4 is 0 Å². The molecule has 1 N–H and O–H groups in total. The number of rotatable bonds is 2. The fraction of sp³-hybridized carbons (Fsp3) is 0.600. The Kier molecular flexibility index (Phi) is 169. The van der Waals surface area contributed by atoms with Crippen molar-refractivity contribution in [2.24, 2.45) is 0 Å². The van der Waals surface area contributed by atoms with Gasteiger partial charge in [0.25, 0.3) is 0 Å². The number of nitrogens with one attached hydrogen (secondary N) is 1. The Morgan fingerprint density at radius 1 is 0.938 bits per heavy atom. The highest BCUT2D eigenvalue weighted by Gasteiger charge is 1.50. The molecule has 0 aliphatic carbocycles. The van der Waals surface area contributed by atoms with Gasteiger partial charge in [0, 0.05) is 0 Å². The first-order valence-corrected chi connectivity index (χ1v) is 6.06. The molecule has 0 radical (unpaired) electrons. The Morgan fingerprint density at radius 2 is 1.06 bits per heavy atom. The van der Waals surface area contributed by atoms with Crippen LogP contribution in [0.15, 0.2) is 38.0 Å². The van der Waals surface area contributed by atoms with Gasteiger partial charge in [0.15, 0.2) is 0 Å². The van der Waals surface area contributed by atoms with Crippen LogP contribution in [0.1, 0.15) is 48.0 Å². The third kappa shape index (κ3) is 1400. The standard InChI is InChI=1S/C4H8.C3H9N.2C3H6.C2H6/c2*1-3-4-2;2*1-3-2;1-2/h3H,1,4H2,2H3;4H,3H2,1-2H3;2*3H,1H2,2H3;1-2H3. The fourth-order valence-electron chi connectivity index (χ4n) is 0. The maximum absolute atomic E-state index is 3.48. The molecule has 0 aromatic rings.